The number of carbonyl (C=O) groups is 1. The number of fused-ring (bicyclic) bond motifs is 1. The molecule has 2 heterocycles. The van der Waals surface area contributed by atoms with Gasteiger partial charge < -0.3 is 15.0 Å². The van der Waals surface area contributed by atoms with Gasteiger partial charge >= 0.3 is 0 Å². The molecule has 9 heteroatoms. The van der Waals surface area contributed by atoms with Crippen LogP contribution in [0.1, 0.15) is 5.56 Å². The van der Waals surface area contributed by atoms with Crippen molar-refractivity contribution in [3.8, 4) is 0 Å². The fourth-order valence-electron chi connectivity index (χ4n) is 5.10. The predicted molar refractivity (Wildman–Crippen MR) is 123 cm³/mol. The summed E-state index contributed by atoms with van der Waals surface area (Å²) in [5, 5.41) is 2.89. The van der Waals surface area contributed by atoms with E-state index < -0.39 is 9.84 Å². The maximum atomic E-state index is 14.6. The van der Waals surface area contributed by atoms with Gasteiger partial charge in [-0.3, -0.25) is 9.69 Å². The molecule has 1 saturated carbocycles. The zero-order valence-electron chi connectivity index (χ0n) is 18.5. The van der Waals surface area contributed by atoms with Crippen molar-refractivity contribution in [3.63, 3.8) is 0 Å². The van der Waals surface area contributed by atoms with Gasteiger partial charge in [0.1, 0.15) is 5.82 Å². The van der Waals surface area contributed by atoms with Crippen molar-refractivity contribution >= 4 is 27.1 Å². The quantitative estimate of drug-likeness (QED) is 0.694. The van der Waals surface area contributed by atoms with Crippen molar-refractivity contribution in [1.29, 1.82) is 0 Å². The third kappa shape index (κ3) is 4.76. The molecule has 2 aromatic carbocycles. The number of nitrogens with zero attached hydrogens (tertiary/aromatic N) is 2. The van der Waals surface area contributed by atoms with E-state index in [2.05, 4.69) is 10.2 Å². The predicted octanol–water partition coefficient (Wildman–Crippen LogP) is 2.38. The van der Waals surface area contributed by atoms with Crippen molar-refractivity contribution in [2.75, 3.05) is 55.9 Å². The molecule has 1 aliphatic carbocycles. The van der Waals surface area contributed by atoms with E-state index >= 15 is 0 Å². The number of likely N-dealkylation sites (tertiary alicyclic amines) is 1. The number of hydrogen-bond donors (Lipinski definition) is 1. The average Bonchev–Trinajstić information content (AvgIpc) is 3.30. The number of morpholine rings is 1. The standard InChI is InChI=1S/C24H28FN3O4S/c1-33(30,31)18-5-2-16(3-6-18)13-27-14-19-20(15-27)23(19)24(29)26-17-4-7-22(21(25)12-17)28-8-10-32-11-9-28/h2-7,12,19-20,23H,8-11,13-15H2,1H3,(H,26,29). The van der Waals surface area contributed by atoms with Crippen LogP contribution in [0.5, 0.6) is 0 Å². The van der Waals surface area contributed by atoms with Crippen LogP contribution in [0.3, 0.4) is 0 Å². The maximum Gasteiger partial charge on any atom is 0.228 e. The molecular weight excluding hydrogens is 445 g/mol. The lowest BCUT2D eigenvalue weighted by molar-refractivity contribution is -0.118. The molecule has 2 aliphatic heterocycles. The Morgan fingerprint density at radius 1 is 1.09 bits per heavy atom. The second-order valence-corrected chi connectivity index (χ2v) is 11.2. The first-order chi connectivity index (χ1) is 15.8. The largest absolute Gasteiger partial charge is 0.378 e. The van der Waals surface area contributed by atoms with Crippen molar-refractivity contribution in [1.82, 2.24) is 4.90 Å². The third-order valence-corrected chi connectivity index (χ3v) is 8.03. The van der Waals surface area contributed by atoms with Gasteiger partial charge in [-0.1, -0.05) is 12.1 Å². The Hall–Kier alpha value is -2.49. The maximum absolute atomic E-state index is 14.6. The minimum absolute atomic E-state index is 0.0316. The molecular formula is C24H28FN3O4S. The molecule has 0 spiro atoms. The first-order valence-corrected chi connectivity index (χ1v) is 13.1. The summed E-state index contributed by atoms with van der Waals surface area (Å²) in [6.07, 6.45) is 1.20. The van der Waals surface area contributed by atoms with Crippen molar-refractivity contribution in [2.45, 2.75) is 11.4 Å². The Morgan fingerprint density at radius 2 is 1.76 bits per heavy atom. The van der Waals surface area contributed by atoms with Crippen LogP contribution >= 0.6 is 0 Å². The van der Waals surface area contributed by atoms with Gasteiger partial charge in [-0.05, 0) is 47.7 Å². The lowest BCUT2D eigenvalue weighted by Crippen LogP contribution is -2.36. The van der Waals surface area contributed by atoms with Crippen LogP contribution in [0.4, 0.5) is 15.8 Å². The first kappa shape index (κ1) is 22.3. The number of piperidine rings is 1. The molecule has 3 fully saturated rings. The molecule has 7 nitrogen and oxygen atoms in total. The van der Waals surface area contributed by atoms with Crippen LogP contribution in [-0.4, -0.2) is 64.9 Å². The molecule has 176 valence electrons. The number of amides is 1. The molecule has 0 aromatic heterocycles. The molecule has 2 saturated heterocycles. The Kier molecular flexibility index (Phi) is 5.88. The molecule has 2 unspecified atom stereocenters. The Balaban J connectivity index is 1.13. The topological polar surface area (TPSA) is 79.0 Å². The molecule has 5 rings (SSSR count). The average molecular weight is 474 g/mol. The summed E-state index contributed by atoms with van der Waals surface area (Å²) in [7, 11) is -3.19. The molecule has 33 heavy (non-hydrogen) atoms. The third-order valence-electron chi connectivity index (χ3n) is 6.90. The Bertz CT molecular complexity index is 1140. The number of halogens is 1. The molecule has 2 atom stereocenters. The zero-order chi connectivity index (χ0) is 23.2. The minimum atomic E-state index is -3.19. The van der Waals surface area contributed by atoms with Crippen LogP contribution in [-0.2, 0) is 25.9 Å². The summed E-state index contributed by atoms with van der Waals surface area (Å²) < 4.78 is 43.1. The summed E-state index contributed by atoms with van der Waals surface area (Å²) in [4.78, 5) is 17.3. The molecule has 0 bridgehead atoms. The number of hydrogen-bond acceptors (Lipinski definition) is 6. The van der Waals surface area contributed by atoms with E-state index in [0.29, 0.717) is 54.4 Å². The summed E-state index contributed by atoms with van der Waals surface area (Å²) >= 11 is 0. The van der Waals surface area contributed by atoms with Gasteiger partial charge in [-0.2, -0.15) is 0 Å². The second kappa shape index (κ2) is 8.70. The SMILES string of the molecule is CS(=O)(=O)c1ccc(CN2CC3C(C2)C3C(=O)Nc2ccc(N3CCOCC3)c(F)c2)cc1. The number of rotatable bonds is 6. The number of benzene rings is 2. The Labute approximate surface area is 193 Å². The first-order valence-electron chi connectivity index (χ1n) is 11.2. The highest BCUT2D eigenvalue weighted by Crippen LogP contribution is 2.52. The van der Waals surface area contributed by atoms with Crippen LogP contribution in [0.15, 0.2) is 47.4 Å². The van der Waals surface area contributed by atoms with Crippen LogP contribution in [0.25, 0.3) is 0 Å². The lowest BCUT2D eigenvalue weighted by Gasteiger charge is -2.29. The van der Waals surface area contributed by atoms with Gasteiger partial charge in [0.05, 0.1) is 23.8 Å². The van der Waals surface area contributed by atoms with Gasteiger partial charge in [-0.15, -0.1) is 0 Å². The van der Waals surface area contributed by atoms with E-state index in [0.717, 1.165) is 25.2 Å². The van der Waals surface area contributed by atoms with Crippen LogP contribution in [0, 0.1) is 23.6 Å². The van der Waals surface area contributed by atoms with Gasteiger partial charge in [0.25, 0.3) is 0 Å². The van der Waals surface area contributed by atoms with E-state index in [9.17, 15) is 17.6 Å². The van der Waals surface area contributed by atoms with Crippen LogP contribution < -0.4 is 10.2 Å². The van der Waals surface area contributed by atoms with Gasteiger partial charge in [-0.25, -0.2) is 12.8 Å². The normalized spacial score (nSPS) is 25.0. The van der Waals surface area contributed by atoms with Gasteiger partial charge in [0.2, 0.25) is 5.91 Å². The fraction of sp³-hybridized carbons (Fsp3) is 0.458. The van der Waals surface area contributed by atoms with E-state index in [-0.39, 0.29) is 17.6 Å². The summed E-state index contributed by atoms with van der Waals surface area (Å²) in [6, 6.07) is 11.9. The number of ether oxygens (including phenoxy) is 1. The highest BCUT2D eigenvalue weighted by atomic mass is 32.2. The van der Waals surface area contributed by atoms with Crippen LogP contribution in [0.2, 0.25) is 0 Å². The molecule has 1 amide bonds. The molecule has 2 aromatic rings. The number of nitrogens with one attached hydrogen (secondary N) is 1. The summed E-state index contributed by atoms with van der Waals surface area (Å²) in [5.74, 6) is 0.228. The summed E-state index contributed by atoms with van der Waals surface area (Å²) in [6.45, 7) is 4.90. The van der Waals surface area contributed by atoms with E-state index in [4.69, 9.17) is 4.74 Å². The highest BCUT2D eigenvalue weighted by Gasteiger charge is 2.59. The Morgan fingerprint density at radius 3 is 2.36 bits per heavy atom. The molecule has 3 aliphatic rings. The fourth-order valence-corrected chi connectivity index (χ4v) is 5.73. The smallest absolute Gasteiger partial charge is 0.228 e. The van der Waals surface area contributed by atoms with E-state index in [1.54, 1.807) is 24.3 Å². The second-order valence-electron chi connectivity index (χ2n) is 9.22. The van der Waals surface area contributed by atoms with E-state index in [1.165, 1.54) is 12.3 Å². The van der Waals surface area contributed by atoms with Gasteiger partial charge in [0, 0.05) is 50.6 Å². The van der Waals surface area contributed by atoms with Gasteiger partial charge in [0.15, 0.2) is 9.84 Å². The number of anilines is 2. The highest BCUT2D eigenvalue weighted by molar-refractivity contribution is 7.90. The number of carbonyl (C=O) groups excluding carboxylic acids is 1. The van der Waals surface area contributed by atoms with E-state index in [1.807, 2.05) is 17.0 Å². The summed E-state index contributed by atoms with van der Waals surface area (Å²) in [5.41, 5.74) is 2.09. The molecule has 0 radical (unpaired) electrons. The number of sulfone groups is 1. The monoisotopic (exact) mass is 473 g/mol. The lowest BCUT2D eigenvalue weighted by atomic mass is 10.2. The molecule has 1 N–H and O–H groups in total. The van der Waals surface area contributed by atoms with Crippen molar-refractivity contribution in [3.05, 3.63) is 53.8 Å². The zero-order valence-corrected chi connectivity index (χ0v) is 19.4. The van der Waals surface area contributed by atoms with Crippen molar-refractivity contribution in [2.24, 2.45) is 17.8 Å². The van der Waals surface area contributed by atoms with Crippen molar-refractivity contribution < 1.29 is 22.3 Å². The minimum Gasteiger partial charge on any atom is -0.378 e.